The van der Waals surface area contributed by atoms with Gasteiger partial charge in [0.05, 0.1) is 11.7 Å². The van der Waals surface area contributed by atoms with Gasteiger partial charge in [-0.25, -0.2) is 0 Å². The van der Waals surface area contributed by atoms with Crippen molar-refractivity contribution in [3.63, 3.8) is 0 Å². The normalized spacial score (nSPS) is 10.4. The summed E-state index contributed by atoms with van der Waals surface area (Å²) in [6.45, 7) is 4.69. The van der Waals surface area contributed by atoms with Crippen molar-refractivity contribution < 1.29 is 14.3 Å². The molecule has 154 valence electrons. The fraction of sp³-hybridized carbons (Fsp3) is 0.318. The van der Waals surface area contributed by atoms with E-state index in [0.717, 1.165) is 12.0 Å². The molecule has 2 aromatic rings. The molecule has 0 aliphatic heterocycles. The van der Waals surface area contributed by atoms with Gasteiger partial charge < -0.3 is 15.4 Å². The van der Waals surface area contributed by atoms with E-state index >= 15 is 0 Å². The predicted octanol–water partition coefficient (Wildman–Crippen LogP) is 2.91. The van der Waals surface area contributed by atoms with Crippen molar-refractivity contribution in [1.29, 1.82) is 0 Å². The SMILES string of the molecule is CC(C)Oc1ccccc1C(=O)NC(=S)N(CCC(N)=O)CCc1ccccc1. The number of nitrogens with two attached hydrogens (primary N) is 1. The monoisotopic (exact) mass is 413 g/mol. The van der Waals surface area contributed by atoms with E-state index in [1.54, 1.807) is 23.1 Å². The number of benzene rings is 2. The molecule has 2 aromatic carbocycles. The van der Waals surface area contributed by atoms with E-state index < -0.39 is 5.91 Å². The molecule has 0 saturated heterocycles. The van der Waals surface area contributed by atoms with Gasteiger partial charge >= 0.3 is 0 Å². The van der Waals surface area contributed by atoms with Gasteiger partial charge in [-0.05, 0) is 50.2 Å². The average molecular weight is 414 g/mol. The number of hydrogen-bond donors (Lipinski definition) is 2. The quantitative estimate of drug-likeness (QED) is 0.618. The summed E-state index contributed by atoms with van der Waals surface area (Å²) >= 11 is 5.45. The smallest absolute Gasteiger partial charge is 0.261 e. The molecule has 0 aliphatic rings. The van der Waals surface area contributed by atoms with Crippen molar-refractivity contribution in [3.05, 3.63) is 65.7 Å². The van der Waals surface area contributed by atoms with Crippen LogP contribution in [0, 0.1) is 0 Å². The lowest BCUT2D eigenvalue weighted by molar-refractivity contribution is -0.118. The van der Waals surface area contributed by atoms with Crippen LogP contribution >= 0.6 is 12.2 Å². The average Bonchev–Trinajstić information content (AvgIpc) is 2.68. The van der Waals surface area contributed by atoms with E-state index in [1.807, 2.05) is 50.2 Å². The predicted molar refractivity (Wildman–Crippen MR) is 118 cm³/mol. The third-order valence-electron chi connectivity index (χ3n) is 4.14. The molecule has 29 heavy (non-hydrogen) atoms. The minimum absolute atomic E-state index is 0.0613. The van der Waals surface area contributed by atoms with Crippen LogP contribution in [-0.4, -0.2) is 41.0 Å². The maximum atomic E-state index is 12.8. The maximum Gasteiger partial charge on any atom is 0.261 e. The van der Waals surface area contributed by atoms with Crippen molar-refractivity contribution in [3.8, 4) is 5.75 Å². The number of primary amides is 1. The van der Waals surface area contributed by atoms with Crippen molar-refractivity contribution >= 4 is 29.1 Å². The van der Waals surface area contributed by atoms with E-state index in [-0.39, 0.29) is 23.5 Å². The zero-order valence-corrected chi connectivity index (χ0v) is 17.6. The highest BCUT2D eigenvalue weighted by atomic mass is 32.1. The van der Waals surface area contributed by atoms with Crippen LogP contribution < -0.4 is 15.8 Å². The Labute approximate surface area is 177 Å². The van der Waals surface area contributed by atoms with Crippen molar-refractivity contribution in [2.24, 2.45) is 5.73 Å². The fourth-order valence-electron chi connectivity index (χ4n) is 2.72. The second kappa shape index (κ2) is 11.2. The molecule has 0 aliphatic carbocycles. The van der Waals surface area contributed by atoms with Crippen LogP contribution in [0.1, 0.15) is 36.2 Å². The summed E-state index contributed by atoms with van der Waals surface area (Å²) in [6, 6.07) is 16.9. The van der Waals surface area contributed by atoms with Gasteiger partial charge in [-0.1, -0.05) is 42.5 Å². The van der Waals surface area contributed by atoms with E-state index in [0.29, 0.717) is 24.4 Å². The van der Waals surface area contributed by atoms with Crippen LogP contribution in [-0.2, 0) is 11.2 Å². The molecule has 3 N–H and O–H groups in total. The van der Waals surface area contributed by atoms with E-state index in [9.17, 15) is 9.59 Å². The number of nitrogens with one attached hydrogen (secondary N) is 1. The van der Waals surface area contributed by atoms with Gasteiger partial charge in [0.15, 0.2) is 5.11 Å². The van der Waals surface area contributed by atoms with Gasteiger partial charge in [-0.15, -0.1) is 0 Å². The van der Waals surface area contributed by atoms with Crippen LogP contribution in [0.25, 0.3) is 0 Å². The third kappa shape index (κ3) is 7.54. The van der Waals surface area contributed by atoms with Crippen molar-refractivity contribution in [1.82, 2.24) is 10.2 Å². The Hall–Kier alpha value is -2.93. The molecular formula is C22H27N3O3S. The lowest BCUT2D eigenvalue weighted by atomic mass is 10.1. The number of para-hydroxylation sites is 1. The molecule has 0 atom stereocenters. The molecule has 0 fully saturated rings. The van der Waals surface area contributed by atoms with Gasteiger partial charge in [0, 0.05) is 19.5 Å². The summed E-state index contributed by atoms with van der Waals surface area (Å²) in [5.41, 5.74) is 6.84. The lowest BCUT2D eigenvalue weighted by Gasteiger charge is -2.25. The molecule has 2 amide bonds. The van der Waals surface area contributed by atoms with E-state index in [1.165, 1.54) is 0 Å². The highest BCUT2D eigenvalue weighted by molar-refractivity contribution is 7.80. The fourth-order valence-corrected chi connectivity index (χ4v) is 3.00. The van der Waals surface area contributed by atoms with Crippen molar-refractivity contribution in [2.75, 3.05) is 13.1 Å². The van der Waals surface area contributed by atoms with Crippen LogP contribution in [0.15, 0.2) is 54.6 Å². The Balaban J connectivity index is 2.07. The number of nitrogens with zero attached hydrogens (tertiary/aromatic N) is 1. The largest absolute Gasteiger partial charge is 0.490 e. The number of ether oxygens (including phenoxy) is 1. The summed E-state index contributed by atoms with van der Waals surface area (Å²) in [4.78, 5) is 25.8. The van der Waals surface area contributed by atoms with Crippen LogP contribution in [0.4, 0.5) is 0 Å². The lowest BCUT2D eigenvalue weighted by Crippen LogP contribution is -2.44. The summed E-state index contributed by atoms with van der Waals surface area (Å²) in [6.07, 6.45) is 0.814. The number of carbonyl (C=O) groups excluding carboxylic acids is 2. The zero-order valence-electron chi connectivity index (χ0n) is 16.8. The molecule has 0 radical (unpaired) electrons. The third-order valence-corrected chi connectivity index (χ3v) is 4.50. The summed E-state index contributed by atoms with van der Waals surface area (Å²) in [5.74, 6) is -0.273. The Morgan fingerprint density at radius 1 is 1.07 bits per heavy atom. The van der Waals surface area contributed by atoms with Crippen molar-refractivity contribution in [2.45, 2.75) is 32.8 Å². The second-order valence-electron chi connectivity index (χ2n) is 6.86. The Morgan fingerprint density at radius 2 is 1.72 bits per heavy atom. The minimum atomic E-state index is -0.417. The zero-order chi connectivity index (χ0) is 21.2. The maximum absolute atomic E-state index is 12.8. The molecule has 0 saturated carbocycles. The van der Waals surface area contributed by atoms with Gasteiger partial charge in [0.1, 0.15) is 5.75 Å². The van der Waals surface area contributed by atoms with Gasteiger partial charge in [0.2, 0.25) is 5.91 Å². The number of hydrogen-bond acceptors (Lipinski definition) is 4. The molecule has 6 nitrogen and oxygen atoms in total. The Kier molecular flexibility index (Phi) is 8.61. The molecule has 0 bridgehead atoms. The first-order chi connectivity index (χ1) is 13.9. The number of amides is 2. The number of carbonyl (C=O) groups is 2. The van der Waals surface area contributed by atoms with Gasteiger partial charge in [-0.2, -0.15) is 0 Å². The Morgan fingerprint density at radius 3 is 2.38 bits per heavy atom. The van der Waals surface area contributed by atoms with Gasteiger partial charge in [0.25, 0.3) is 5.91 Å². The summed E-state index contributed by atoms with van der Waals surface area (Å²) in [7, 11) is 0. The highest BCUT2D eigenvalue weighted by Crippen LogP contribution is 2.19. The molecule has 0 unspecified atom stereocenters. The Bertz CT molecular complexity index is 840. The first-order valence-corrected chi connectivity index (χ1v) is 9.96. The molecule has 0 heterocycles. The van der Waals surface area contributed by atoms with Gasteiger partial charge in [-0.3, -0.25) is 14.9 Å². The van der Waals surface area contributed by atoms with E-state index in [2.05, 4.69) is 5.32 Å². The topological polar surface area (TPSA) is 84.7 Å². The highest BCUT2D eigenvalue weighted by Gasteiger charge is 2.18. The standard InChI is InChI=1S/C22H27N3O3S/c1-16(2)28-19-11-7-6-10-18(19)21(27)24-22(29)25(15-13-20(23)26)14-12-17-8-4-3-5-9-17/h3-11,16H,12-15H2,1-2H3,(H2,23,26)(H,24,27,29). The summed E-state index contributed by atoms with van der Waals surface area (Å²) in [5, 5.41) is 3.01. The number of rotatable bonds is 9. The number of thiocarbonyl (C=S) groups is 1. The molecular weight excluding hydrogens is 386 g/mol. The second-order valence-corrected chi connectivity index (χ2v) is 7.25. The van der Waals surface area contributed by atoms with Crippen LogP contribution in [0.3, 0.4) is 0 Å². The minimum Gasteiger partial charge on any atom is -0.490 e. The first-order valence-electron chi connectivity index (χ1n) is 9.55. The molecule has 0 spiro atoms. The molecule has 2 rings (SSSR count). The first kappa shape index (κ1) is 22.4. The van der Waals surface area contributed by atoms with E-state index in [4.69, 9.17) is 22.7 Å². The molecule has 0 aromatic heterocycles. The molecule has 7 heteroatoms. The van der Waals surface area contributed by atoms with Crippen LogP contribution in [0.2, 0.25) is 0 Å². The van der Waals surface area contributed by atoms with Crippen LogP contribution in [0.5, 0.6) is 5.75 Å². The summed E-state index contributed by atoms with van der Waals surface area (Å²) < 4.78 is 5.71.